The number of aliphatic imine (C=N–C) groups is 1. The van der Waals surface area contributed by atoms with Crippen LogP contribution in [0.4, 0.5) is 19.3 Å². The maximum absolute atomic E-state index is 14.1. The number of amidine groups is 1. The summed E-state index contributed by atoms with van der Waals surface area (Å²) in [5.74, 6) is -1.17. The molecule has 2 saturated heterocycles. The molecule has 172 valence electrons. The minimum atomic E-state index is -0.997. The van der Waals surface area contributed by atoms with E-state index in [1.165, 1.54) is 4.90 Å². The highest BCUT2D eigenvalue weighted by atomic mass is 19.1. The van der Waals surface area contributed by atoms with Crippen LogP contribution in [0.3, 0.4) is 0 Å². The third-order valence-electron chi connectivity index (χ3n) is 6.82. The first-order valence-electron chi connectivity index (χ1n) is 11.5. The van der Waals surface area contributed by atoms with Gasteiger partial charge in [0.2, 0.25) is 0 Å². The number of likely N-dealkylation sites (tertiary alicyclic amines) is 1. The van der Waals surface area contributed by atoms with Crippen molar-refractivity contribution in [3.63, 3.8) is 0 Å². The Morgan fingerprint density at radius 3 is 2.42 bits per heavy atom. The van der Waals surface area contributed by atoms with Gasteiger partial charge in [-0.2, -0.15) is 0 Å². The fourth-order valence-corrected chi connectivity index (χ4v) is 5.32. The summed E-state index contributed by atoms with van der Waals surface area (Å²) < 4.78 is 28.2. The molecule has 5 rings (SSSR count). The highest BCUT2D eigenvalue weighted by Crippen LogP contribution is 2.38. The lowest BCUT2D eigenvalue weighted by Gasteiger charge is -2.44. The fraction of sp³-hybridized carbons (Fsp3) is 0.400. The van der Waals surface area contributed by atoms with Crippen molar-refractivity contribution >= 4 is 23.5 Å². The van der Waals surface area contributed by atoms with Crippen molar-refractivity contribution in [3.8, 4) is 0 Å². The van der Waals surface area contributed by atoms with Crippen molar-refractivity contribution in [2.75, 3.05) is 18.0 Å². The molecular weight excluding hydrogens is 426 g/mol. The number of carbonyl (C=O) groups is 2. The highest BCUT2D eigenvalue weighted by molar-refractivity contribution is 6.19. The zero-order valence-corrected chi connectivity index (χ0v) is 18.3. The van der Waals surface area contributed by atoms with Crippen LogP contribution >= 0.6 is 0 Å². The Hall–Kier alpha value is -3.29. The third kappa shape index (κ3) is 3.98. The van der Waals surface area contributed by atoms with E-state index in [0.717, 1.165) is 43.9 Å². The van der Waals surface area contributed by atoms with E-state index >= 15 is 0 Å². The summed E-state index contributed by atoms with van der Waals surface area (Å²) in [5, 5.41) is 2.88. The zero-order chi connectivity index (χ0) is 23.0. The summed E-state index contributed by atoms with van der Waals surface area (Å²) in [4.78, 5) is 34.5. The number of halogens is 2. The molecule has 1 atom stereocenters. The van der Waals surface area contributed by atoms with Gasteiger partial charge < -0.3 is 4.90 Å². The Balaban J connectivity index is 1.57. The van der Waals surface area contributed by atoms with Gasteiger partial charge in [0.25, 0.3) is 5.91 Å². The summed E-state index contributed by atoms with van der Waals surface area (Å²) in [6.45, 7) is 0.731. The van der Waals surface area contributed by atoms with E-state index in [1.54, 1.807) is 17.0 Å². The topological polar surface area (TPSA) is 65.0 Å². The lowest BCUT2D eigenvalue weighted by molar-refractivity contribution is 0.0686. The van der Waals surface area contributed by atoms with Crippen LogP contribution in [0.15, 0.2) is 53.5 Å². The van der Waals surface area contributed by atoms with E-state index in [-0.39, 0.29) is 24.2 Å². The van der Waals surface area contributed by atoms with Crippen LogP contribution in [0.2, 0.25) is 0 Å². The third-order valence-corrected chi connectivity index (χ3v) is 6.82. The van der Waals surface area contributed by atoms with E-state index in [0.29, 0.717) is 30.8 Å². The monoisotopic (exact) mass is 452 g/mol. The number of nitrogens with zero attached hydrogens (tertiary/aromatic N) is 3. The first-order chi connectivity index (χ1) is 16.0. The second-order valence-electron chi connectivity index (χ2n) is 9.04. The van der Waals surface area contributed by atoms with Gasteiger partial charge in [-0.05, 0) is 49.9 Å². The molecule has 2 heterocycles. The maximum Gasteiger partial charge on any atom is 0.328 e. The predicted molar refractivity (Wildman–Crippen MR) is 121 cm³/mol. The molecule has 1 spiro atoms. The van der Waals surface area contributed by atoms with Crippen molar-refractivity contribution in [3.05, 3.63) is 65.7 Å². The van der Waals surface area contributed by atoms with Crippen molar-refractivity contribution < 1.29 is 18.4 Å². The largest absolute Gasteiger partial charge is 0.336 e. The number of hydrogen-bond acceptors (Lipinski definition) is 3. The average Bonchev–Trinajstić information content (AvgIpc) is 3.40. The molecule has 3 fully saturated rings. The number of benzene rings is 2. The molecule has 2 aromatic carbocycles. The SMILES string of the molecule is O=C(c1ccccc1)N1CCCC2(C1)C(=NC1CCCC1)NC(=O)N2c1cc(F)cc(F)c1. The molecule has 2 aliphatic heterocycles. The minimum absolute atomic E-state index is 0.0987. The molecule has 3 amide bonds. The molecule has 0 aromatic heterocycles. The normalized spacial score (nSPS) is 24.7. The van der Waals surface area contributed by atoms with E-state index < -0.39 is 23.2 Å². The van der Waals surface area contributed by atoms with Gasteiger partial charge in [0.05, 0.1) is 18.3 Å². The van der Waals surface area contributed by atoms with Crippen LogP contribution in [0, 0.1) is 11.6 Å². The zero-order valence-electron chi connectivity index (χ0n) is 18.3. The van der Waals surface area contributed by atoms with Gasteiger partial charge in [0.1, 0.15) is 23.0 Å². The van der Waals surface area contributed by atoms with Crippen LogP contribution in [0.25, 0.3) is 0 Å². The molecule has 1 saturated carbocycles. The molecule has 2 aromatic rings. The van der Waals surface area contributed by atoms with Gasteiger partial charge in [-0.3, -0.25) is 20.0 Å². The van der Waals surface area contributed by atoms with Gasteiger partial charge in [0, 0.05) is 18.2 Å². The van der Waals surface area contributed by atoms with Crippen molar-refractivity contribution in [1.29, 1.82) is 0 Å². The molecule has 6 nitrogen and oxygen atoms in total. The Morgan fingerprint density at radius 2 is 1.73 bits per heavy atom. The summed E-state index contributed by atoms with van der Waals surface area (Å²) in [5.41, 5.74) is -0.317. The first kappa shape index (κ1) is 21.6. The molecule has 1 unspecified atom stereocenters. The Morgan fingerprint density at radius 1 is 1.03 bits per heavy atom. The van der Waals surface area contributed by atoms with Crippen LogP contribution < -0.4 is 10.2 Å². The smallest absolute Gasteiger partial charge is 0.328 e. The number of hydrogen-bond donors (Lipinski definition) is 1. The van der Waals surface area contributed by atoms with Crippen molar-refractivity contribution in [1.82, 2.24) is 10.2 Å². The summed E-state index contributed by atoms with van der Waals surface area (Å²) in [7, 11) is 0. The summed E-state index contributed by atoms with van der Waals surface area (Å²) in [6.07, 6.45) is 5.21. The maximum atomic E-state index is 14.1. The Kier molecular flexibility index (Phi) is 5.60. The van der Waals surface area contributed by atoms with Gasteiger partial charge in [-0.15, -0.1) is 0 Å². The molecule has 1 N–H and O–H groups in total. The van der Waals surface area contributed by atoms with Gasteiger partial charge in [-0.25, -0.2) is 13.6 Å². The minimum Gasteiger partial charge on any atom is -0.336 e. The lowest BCUT2D eigenvalue weighted by Crippen LogP contribution is -2.61. The van der Waals surface area contributed by atoms with Crippen LogP contribution in [-0.2, 0) is 0 Å². The highest BCUT2D eigenvalue weighted by Gasteiger charge is 2.54. The Labute approximate surface area is 191 Å². The number of rotatable bonds is 3. The first-order valence-corrected chi connectivity index (χ1v) is 11.5. The standard InChI is InChI=1S/C25H26F2N4O2/c26-18-13-19(27)15-21(14-18)31-24(33)29-23(28-20-9-4-5-10-20)25(31)11-6-12-30(16-25)22(32)17-7-2-1-3-8-17/h1-3,7-8,13-15,20H,4-6,9-12,16H2,(H,28,29,33). The van der Waals surface area contributed by atoms with Gasteiger partial charge in [-0.1, -0.05) is 31.0 Å². The summed E-state index contributed by atoms with van der Waals surface area (Å²) in [6, 6.07) is 11.7. The molecule has 0 bridgehead atoms. The van der Waals surface area contributed by atoms with Crippen molar-refractivity contribution in [2.45, 2.75) is 50.1 Å². The number of urea groups is 1. The van der Waals surface area contributed by atoms with Crippen LogP contribution in [-0.4, -0.2) is 47.3 Å². The molecular formula is C25H26F2N4O2. The predicted octanol–water partition coefficient (Wildman–Crippen LogP) is 4.51. The number of piperidine rings is 1. The molecule has 1 aliphatic carbocycles. The van der Waals surface area contributed by atoms with E-state index in [9.17, 15) is 18.4 Å². The molecule has 3 aliphatic rings. The van der Waals surface area contributed by atoms with Crippen LogP contribution in [0.1, 0.15) is 48.9 Å². The van der Waals surface area contributed by atoms with Gasteiger partial charge in [0.15, 0.2) is 0 Å². The molecule has 8 heteroatoms. The number of nitrogens with one attached hydrogen (secondary N) is 1. The van der Waals surface area contributed by atoms with E-state index in [4.69, 9.17) is 4.99 Å². The number of anilines is 1. The molecule has 0 radical (unpaired) electrons. The average molecular weight is 453 g/mol. The number of amides is 3. The molecule has 33 heavy (non-hydrogen) atoms. The number of carbonyl (C=O) groups excluding carboxylic acids is 2. The van der Waals surface area contributed by atoms with Crippen molar-refractivity contribution in [2.24, 2.45) is 4.99 Å². The second-order valence-corrected chi connectivity index (χ2v) is 9.04. The lowest BCUT2D eigenvalue weighted by atomic mass is 9.86. The Bertz CT molecular complexity index is 1080. The fourth-order valence-electron chi connectivity index (χ4n) is 5.32. The quantitative estimate of drug-likeness (QED) is 0.745. The second kappa shape index (κ2) is 8.57. The van der Waals surface area contributed by atoms with Crippen LogP contribution in [0.5, 0.6) is 0 Å². The van der Waals surface area contributed by atoms with E-state index in [2.05, 4.69) is 5.32 Å². The van der Waals surface area contributed by atoms with E-state index in [1.807, 2.05) is 18.2 Å². The summed E-state index contributed by atoms with van der Waals surface area (Å²) >= 11 is 0. The van der Waals surface area contributed by atoms with Gasteiger partial charge >= 0.3 is 6.03 Å².